The van der Waals surface area contributed by atoms with Gasteiger partial charge in [-0.2, -0.15) is 0 Å². The first-order valence-corrected chi connectivity index (χ1v) is 4.09. The topological polar surface area (TPSA) is 30.2 Å². The van der Waals surface area contributed by atoms with E-state index in [0.29, 0.717) is 5.56 Å². The van der Waals surface area contributed by atoms with Crippen LogP contribution in [0.2, 0.25) is 0 Å². The quantitative estimate of drug-likeness (QED) is 0.525. The minimum atomic E-state index is 0.701. The van der Waals surface area contributed by atoms with E-state index in [-0.39, 0.29) is 0 Å². The zero-order valence-electron chi connectivity index (χ0n) is 6.78. The average Bonchev–Trinajstić information content (AvgIpc) is 2.77. The number of carbonyl (C=O) groups is 1. The summed E-state index contributed by atoms with van der Waals surface area (Å²) in [4.78, 5) is 10.7. The largest absolute Gasteiger partial charge is 0.456 e. The Bertz CT molecular complexity index is 577. The lowest BCUT2D eigenvalue weighted by molar-refractivity contribution is 0.112. The van der Waals surface area contributed by atoms with Crippen LogP contribution >= 0.6 is 0 Å². The van der Waals surface area contributed by atoms with Crippen LogP contribution in [-0.4, -0.2) is 6.29 Å². The van der Waals surface area contributed by atoms with Gasteiger partial charge in [-0.1, -0.05) is 18.2 Å². The molecule has 0 radical (unpaired) electrons. The second kappa shape index (κ2) is 2.10. The van der Waals surface area contributed by atoms with Crippen LogP contribution in [-0.2, 0) is 0 Å². The summed E-state index contributed by atoms with van der Waals surface area (Å²) in [5, 5.41) is 1.97. The molecule has 0 amide bonds. The minimum Gasteiger partial charge on any atom is -0.456 e. The Morgan fingerprint density at radius 1 is 1.08 bits per heavy atom. The van der Waals surface area contributed by atoms with Crippen molar-refractivity contribution >= 4 is 28.2 Å². The number of aldehydes is 1. The van der Waals surface area contributed by atoms with E-state index >= 15 is 0 Å². The molecule has 2 heteroatoms. The molecule has 2 bridgehead atoms. The highest BCUT2D eigenvalue weighted by atomic mass is 16.3. The summed E-state index contributed by atoms with van der Waals surface area (Å²) in [7, 11) is 0. The predicted molar refractivity (Wildman–Crippen MR) is 50.3 cm³/mol. The molecule has 1 aromatic carbocycles. The third kappa shape index (κ3) is 0.699. The Kier molecular flexibility index (Phi) is 1.08. The van der Waals surface area contributed by atoms with Crippen molar-refractivity contribution in [3.8, 4) is 0 Å². The molecule has 0 atom stereocenters. The van der Waals surface area contributed by atoms with Gasteiger partial charge in [-0.05, 0) is 12.1 Å². The van der Waals surface area contributed by atoms with E-state index in [9.17, 15) is 4.79 Å². The van der Waals surface area contributed by atoms with Gasteiger partial charge < -0.3 is 4.42 Å². The molecule has 0 aliphatic rings. The maximum atomic E-state index is 10.7. The fourth-order valence-corrected chi connectivity index (χ4v) is 1.77. The van der Waals surface area contributed by atoms with Crippen LogP contribution in [0.5, 0.6) is 0 Å². The number of carbonyl (C=O) groups excluding carboxylic acids is 1. The van der Waals surface area contributed by atoms with Gasteiger partial charge in [-0.3, -0.25) is 4.79 Å². The average molecular weight is 170 g/mol. The number of hydrogen-bond acceptors (Lipinski definition) is 2. The SMILES string of the molecule is O=Cc1cccc2c3ccc(o3)c12. The number of benzene rings is 2. The normalized spacial score (nSPS) is 11.4. The van der Waals surface area contributed by atoms with Gasteiger partial charge in [0.05, 0.1) is 0 Å². The van der Waals surface area contributed by atoms with Crippen molar-refractivity contribution in [3.63, 3.8) is 0 Å². The van der Waals surface area contributed by atoms with Crippen molar-refractivity contribution in [1.82, 2.24) is 0 Å². The van der Waals surface area contributed by atoms with Gasteiger partial charge >= 0.3 is 0 Å². The van der Waals surface area contributed by atoms with Gasteiger partial charge in [0.1, 0.15) is 11.2 Å². The van der Waals surface area contributed by atoms with Crippen LogP contribution in [0.4, 0.5) is 0 Å². The summed E-state index contributed by atoms with van der Waals surface area (Å²) in [6, 6.07) is 9.45. The molecule has 0 saturated heterocycles. The van der Waals surface area contributed by atoms with Gasteiger partial charge in [-0.15, -0.1) is 0 Å². The Morgan fingerprint density at radius 2 is 1.92 bits per heavy atom. The summed E-state index contributed by atoms with van der Waals surface area (Å²) in [5.41, 5.74) is 2.35. The van der Waals surface area contributed by atoms with E-state index in [4.69, 9.17) is 4.42 Å². The Labute approximate surface area is 74.1 Å². The standard InChI is InChI=1S/C11H6O2/c12-6-7-2-1-3-8-9-4-5-10(13-9)11(7)8/h1-6H. The first kappa shape index (κ1) is 6.66. The van der Waals surface area contributed by atoms with Gasteiger partial charge in [0, 0.05) is 16.3 Å². The predicted octanol–water partition coefficient (Wildman–Crippen LogP) is 2.84. The van der Waals surface area contributed by atoms with E-state index in [1.54, 1.807) is 6.07 Å². The molecule has 0 spiro atoms. The van der Waals surface area contributed by atoms with E-state index in [2.05, 4.69) is 0 Å². The minimum absolute atomic E-state index is 0.701. The van der Waals surface area contributed by atoms with Crippen molar-refractivity contribution in [1.29, 1.82) is 0 Å². The van der Waals surface area contributed by atoms with Gasteiger partial charge in [-0.25, -0.2) is 0 Å². The smallest absolute Gasteiger partial charge is 0.150 e. The molecule has 62 valence electrons. The number of rotatable bonds is 1. The van der Waals surface area contributed by atoms with Gasteiger partial charge in [0.2, 0.25) is 0 Å². The molecular formula is C11H6O2. The lowest BCUT2D eigenvalue weighted by atomic mass is 10.1. The summed E-state index contributed by atoms with van der Waals surface area (Å²) >= 11 is 0. The number of hydrogen-bond donors (Lipinski definition) is 0. The summed E-state index contributed by atoms with van der Waals surface area (Å²) in [6.45, 7) is 0. The Morgan fingerprint density at radius 3 is 2.77 bits per heavy atom. The zero-order valence-corrected chi connectivity index (χ0v) is 6.78. The molecule has 3 aromatic rings. The summed E-state index contributed by atoms with van der Waals surface area (Å²) in [6.07, 6.45) is 0.865. The van der Waals surface area contributed by atoms with Crippen LogP contribution in [0.3, 0.4) is 0 Å². The van der Waals surface area contributed by atoms with Crippen LogP contribution in [0.1, 0.15) is 10.4 Å². The third-order valence-electron chi connectivity index (χ3n) is 2.34. The fraction of sp³-hybridized carbons (Fsp3) is 0. The van der Waals surface area contributed by atoms with E-state index in [1.165, 1.54) is 0 Å². The molecule has 0 aliphatic carbocycles. The van der Waals surface area contributed by atoms with Crippen molar-refractivity contribution in [3.05, 3.63) is 35.9 Å². The molecular weight excluding hydrogens is 164 g/mol. The maximum Gasteiger partial charge on any atom is 0.150 e. The highest BCUT2D eigenvalue weighted by molar-refractivity contribution is 6.13. The van der Waals surface area contributed by atoms with E-state index < -0.39 is 0 Å². The Hall–Kier alpha value is -1.83. The molecule has 3 rings (SSSR count). The molecule has 2 nitrogen and oxygen atoms in total. The second-order valence-electron chi connectivity index (χ2n) is 3.05. The van der Waals surface area contributed by atoms with E-state index in [1.807, 2.05) is 24.3 Å². The first-order valence-electron chi connectivity index (χ1n) is 4.09. The molecule has 2 heterocycles. The third-order valence-corrected chi connectivity index (χ3v) is 2.34. The molecule has 0 saturated carbocycles. The molecule has 0 N–H and O–H groups in total. The fourth-order valence-electron chi connectivity index (χ4n) is 1.77. The number of furan rings is 2. The van der Waals surface area contributed by atoms with Gasteiger partial charge in [0.25, 0.3) is 0 Å². The van der Waals surface area contributed by atoms with Crippen molar-refractivity contribution in [2.24, 2.45) is 0 Å². The maximum absolute atomic E-state index is 10.7. The molecule has 13 heavy (non-hydrogen) atoms. The van der Waals surface area contributed by atoms with Crippen molar-refractivity contribution < 1.29 is 9.21 Å². The Balaban J connectivity index is 2.66. The summed E-state index contributed by atoms with van der Waals surface area (Å²) in [5.74, 6) is 0. The van der Waals surface area contributed by atoms with Crippen molar-refractivity contribution in [2.75, 3.05) is 0 Å². The summed E-state index contributed by atoms with van der Waals surface area (Å²) < 4.78 is 5.45. The molecule has 0 fully saturated rings. The number of fused-ring (bicyclic) bond motifs is 5. The monoisotopic (exact) mass is 170 g/mol. The highest BCUT2D eigenvalue weighted by Gasteiger charge is 2.11. The molecule has 0 aliphatic heterocycles. The van der Waals surface area contributed by atoms with Crippen LogP contribution in [0, 0.1) is 0 Å². The lowest BCUT2D eigenvalue weighted by Crippen LogP contribution is -1.80. The van der Waals surface area contributed by atoms with Gasteiger partial charge in [0.15, 0.2) is 6.29 Å². The van der Waals surface area contributed by atoms with Crippen LogP contribution in [0.25, 0.3) is 21.9 Å². The molecule has 0 unspecified atom stereocenters. The molecule has 2 aromatic heterocycles. The second-order valence-corrected chi connectivity index (χ2v) is 3.05. The van der Waals surface area contributed by atoms with E-state index in [0.717, 1.165) is 28.2 Å². The highest BCUT2D eigenvalue weighted by Crippen LogP contribution is 2.32. The van der Waals surface area contributed by atoms with Crippen LogP contribution < -0.4 is 0 Å². The zero-order chi connectivity index (χ0) is 8.84. The van der Waals surface area contributed by atoms with Crippen molar-refractivity contribution in [2.45, 2.75) is 0 Å². The first-order chi connectivity index (χ1) is 6.40. The van der Waals surface area contributed by atoms with Crippen LogP contribution in [0.15, 0.2) is 34.7 Å². The lowest BCUT2D eigenvalue weighted by Gasteiger charge is -1.93.